The SMILES string of the molecule is Cc1cc(F)ccc1CCNC(=O)CCCCCl. The molecule has 0 radical (unpaired) electrons. The second-order valence-electron chi connectivity index (χ2n) is 4.32. The van der Waals surface area contributed by atoms with Crippen LogP contribution in [0, 0.1) is 12.7 Å². The number of carbonyl (C=O) groups is 1. The van der Waals surface area contributed by atoms with Gasteiger partial charge in [-0.25, -0.2) is 4.39 Å². The minimum Gasteiger partial charge on any atom is -0.356 e. The van der Waals surface area contributed by atoms with Crippen LogP contribution in [-0.2, 0) is 11.2 Å². The number of carbonyl (C=O) groups excluding carboxylic acids is 1. The van der Waals surface area contributed by atoms with Crippen molar-refractivity contribution in [1.82, 2.24) is 5.32 Å². The molecule has 0 unspecified atom stereocenters. The molecular weight excluding hydrogens is 253 g/mol. The first-order chi connectivity index (χ1) is 8.63. The van der Waals surface area contributed by atoms with Crippen molar-refractivity contribution in [3.05, 3.63) is 35.1 Å². The molecule has 1 amide bonds. The van der Waals surface area contributed by atoms with Gasteiger partial charge in [-0.2, -0.15) is 0 Å². The number of amides is 1. The number of hydrogen-bond acceptors (Lipinski definition) is 1. The van der Waals surface area contributed by atoms with Gasteiger partial charge in [-0.3, -0.25) is 4.79 Å². The Hall–Kier alpha value is -1.09. The quantitative estimate of drug-likeness (QED) is 0.599. The van der Waals surface area contributed by atoms with Gasteiger partial charge in [0.05, 0.1) is 0 Å². The van der Waals surface area contributed by atoms with Crippen LogP contribution >= 0.6 is 11.6 Å². The van der Waals surface area contributed by atoms with Gasteiger partial charge in [0.25, 0.3) is 0 Å². The van der Waals surface area contributed by atoms with Gasteiger partial charge in [-0.1, -0.05) is 6.07 Å². The maximum atomic E-state index is 12.9. The highest BCUT2D eigenvalue weighted by Gasteiger charge is 2.03. The lowest BCUT2D eigenvalue weighted by Gasteiger charge is -2.07. The van der Waals surface area contributed by atoms with Crippen molar-refractivity contribution in [1.29, 1.82) is 0 Å². The summed E-state index contributed by atoms with van der Waals surface area (Å²) in [7, 11) is 0. The van der Waals surface area contributed by atoms with Gasteiger partial charge in [0, 0.05) is 18.8 Å². The van der Waals surface area contributed by atoms with Crippen molar-refractivity contribution >= 4 is 17.5 Å². The van der Waals surface area contributed by atoms with E-state index in [2.05, 4.69) is 5.32 Å². The number of alkyl halides is 1. The minimum absolute atomic E-state index is 0.0554. The van der Waals surface area contributed by atoms with E-state index in [9.17, 15) is 9.18 Å². The van der Waals surface area contributed by atoms with E-state index in [1.165, 1.54) is 12.1 Å². The first kappa shape index (κ1) is 15.0. The van der Waals surface area contributed by atoms with Crippen molar-refractivity contribution in [3.63, 3.8) is 0 Å². The number of benzene rings is 1. The monoisotopic (exact) mass is 271 g/mol. The van der Waals surface area contributed by atoms with E-state index in [1.54, 1.807) is 6.07 Å². The van der Waals surface area contributed by atoms with Crippen molar-refractivity contribution in [2.45, 2.75) is 32.6 Å². The molecule has 1 aromatic rings. The van der Waals surface area contributed by atoms with E-state index in [0.717, 1.165) is 30.4 Å². The first-order valence-electron chi connectivity index (χ1n) is 6.21. The molecule has 1 aromatic carbocycles. The van der Waals surface area contributed by atoms with Gasteiger partial charge < -0.3 is 5.32 Å². The molecule has 0 spiro atoms. The standard InChI is InChI=1S/C14H19ClFNO/c1-11-10-13(16)6-5-12(11)7-9-17-14(18)4-2-3-8-15/h5-6,10H,2-4,7-9H2,1H3,(H,17,18). The van der Waals surface area contributed by atoms with Gasteiger partial charge >= 0.3 is 0 Å². The first-order valence-corrected chi connectivity index (χ1v) is 6.74. The Morgan fingerprint density at radius 1 is 1.39 bits per heavy atom. The fourth-order valence-corrected chi connectivity index (χ4v) is 1.93. The second-order valence-corrected chi connectivity index (χ2v) is 4.69. The minimum atomic E-state index is -0.221. The summed E-state index contributed by atoms with van der Waals surface area (Å²) in [5.41, 5.74) is 1.99. The summed E-state index contributed by atoms with van der Waals surface area (Å²) in [6, 6.07) is 4.73. The number of hydrogen-bond donors (Lipinski definition) is 1. The average molecular weight is 272 g/mol. The summed E-state index contributed by atoms with van der Waals surface area (Å²) in [6.45, 7) is 2.47. The van der Waals surface area contributed by atoms with Gasteiger partial charge in [0.2, 0.25) is 5.91 Å². The molecule has 4 heteroatoms. The zero-order valence-electron chi connectivity index (χ0n) is 10.6. The number of rotatable bonds is 7. The number of aryl methyl sites for hydroxylation is 1. The van der Waals surface area contributed by atoms with E-state index >= 15 is 0 Å². The molecule has 18 heavy (non-hydrogen) atoms. The van der Waals surface area contributed by atoms with E-state index in [-0.39, 0.29) is 11.7 Å². The largest absolute Gasteiger partial charge is 0.356 e. The van der Waals surface area contributed by atoms with E-state index in [4.69, 9.17) is 11.6 Å². The van der Waals surface area contributed by atoms with Crippen LogP contribution in [-0.4, -0.2) is 18.3 Å². The van der Waals surface area contributed by atoms with Gasteiger partial charge in [-0.05, 0) is 49.4 Å². The van der Waals surface area contributed by atoms with Crippen molar-refractivity contribution in [2.24, 2.45) is 0 Å². The molecule has 1 N–H and O–H groups in total. The topological polar surface area (TPSA) is 29.1 Å². The van der Waals surface area contributed by atoms with Crippen LogP contribution in [0.15, 0.2) is 18.2 Å². The Kier molecular flexibility index (Phi) is 6.73. The molecule has 0 aliphatic carbocycles. The van der Waals surface area contributed by atoms with Crippen LogP contribution in [0.3, 0.4) is 0 Å². The normalized spacial score (nSPS) is 10.4. The van der Waals surface area contributed by atoms with E-state index in [1.807, 2.05) is 6.92 Å². The van der Waals surface area contributed by atoms with Crippen molar-refractivity contribution < 1.29 is 9.18 Å². The highest BCUT2D eigenvalue weighted by molar-refractivity contribution is 6.17. The van der Waals surface area contributed by atoms with Crippen LogP contribution in [0.5, 0.6) is 0 Å². The highest BCUT2D eigenvalue weighted by Crippen LogP contribution is 2.10. The molecule has 0 fully saturated rings. The van der Waals surface area contributed by atoms with E-state index in [0.29, 0.717) is 18.8 Å². The predicted molar refractivity (Wildman–Crippen MR) is 72.4 cm³/mol. The maximum absolute atomic E-state index is 12.9. The molecule has 0 aromatic heterocycles. The fraction of sp³-hybridized carbons (Fsp3) is 0.500. The summed E-state index contributed by atoms with van der Waals surface area (Å²) in [5.74, 6) is 0.434. The van der Waals surface area contributed by atoms with Gasteiger partial charge in [-0.15, -0.1) is 11.6 Å². The van der Waals surface area contributed by atoms with Crippen LogP contribution in [0.2, 0.25) is 0 Å². The average Bonchev–Trinajstić information content (AvgIpc) is 2.32. The molecule has 0 saturated carbocycles. The zero-order chi connectivity index (χ0) is 13.4. The molecule has 0 heterocycles. The lowest BCUT2D eigenvalue weighted by molar-refractivity contribution is -0.121. The van der Waals surface area contributed by atoms with Crippen molar-refractivity contribution in [3.8, 4) is 0 Å². The lowest BCUT2D eigenvalue weighted by Crippen LogP contribution is -2.25. The summed E-state index contributed by atoms with van der Waals surface area (Å²) < 4.78 is 12.9. The summed E-state index contributed by atoms with van der Waals surface area (Å²) >= 11 is 5.54. The Morgan fingerprint density at radius 2 is 2.17 bits per heavy atom. The third-order valence-corrected chi connectivity index (χ3v) is 3.08. The predicted octanol–water partition coefficient (Wildman–Crippen LogP) is 3.20. The Labute approximate surface area is 113 Å². The highest BCUT2D eigenvalue weighted by atomic mass is 35.5. The number of halogens is 2. The molecule has 1 rings (SSSR count). The fourth-order valence-electron chi connectivity index (χ4n) is 1.74. The Morgan fingerprint density at radius 3 is 2.83 bits per heavy atom. The summed E-state index contributed by atoms with van der Waals surface area (Å²) in [5, 5.41) is 2.86. The van der Waals surface area contributed by atoms with Crippen molar-refractivity contribution in [2.75, 3.05) is 12.4 Å². The second kappa shape index (κ2) is 8.09. The Balaban J connectivity index is 2.26. The van der Waals surface area contributed by atoms with Gasteiger partial charge in [0.1, 0.15) is 5.82 Å². The molecule has 0 saturated heterocycles. The maximum Gasteiger partial charge on any atom is 0.220 e. The van der Waals surface area contributed by atoms with E-state index < -0.39 is 0 Å². The van der Waals surface area contributed by atoms with Crippen LogP contribution in [0.4, 0.5) is 4.39 Å². The summed E-state index contributed by atoms with van der Waals surface area (Å²) in [6.07, 6.45) is 2.94. The smallest absolute Gasteiger partial charge is 0.220 e. The molecule has 100 valence electrons. The van der Waals surface area contributed by atoms with Gasteiger partial charge in [0.15, 0.2) is 0 Å². The van der Waals surface area contributed by atoms with Crippen LogP contribution < -0.4 is 5.32 Å². The lowest BCUT2D eigenvalue weighted by atomic mass is 10.1. The number of unbranched alkanes of at least 4 members (excludes halogenated alkanes) is 1. The summed E-state index contributed by atoms with van der Waals surface area (Å²) in [4.78, 5) is 11.4. The number of nitrogens with one attached hydrogen (secondary N) is 1. The molecule has 0 bridgehead atoms. The molecule has 0 aliphatic heterocycles. The third-order valence-electron chi connectivity index (χ3n) is 2.81. The molecule has 0 aliphatic rings. The third kappa shape index (κ3) is 5.50. The zero-order valence-corrected chi connectivity index (χ0v) is 11.4. The molecule has 2 nitrogen and oxygen atoms in total. The van der Waals surface area contributed by atoms with Crippen LogP contribution in [0.25, 0.3) is 0 Å². The Bertz CT molecular complexity index is 395. The van der Waals surface area contributed by atoms with Crippen LogP contribution in [0.1, 0.15) is 30.4 Å². The molecule has 0 atom stereocenters. The molecular formula is C14H19ClFNO.